The molecule has 0 radical (unpaired) electrons. The lowest BCUT2D eigenvalue weighted by atomic mass is 10.1. The topological polar surface area (TPSA) is 87.5 Å². The van der Waals surface area contributed by atoms with Gasteiger partial charge in [-0.3, -0.25) is 14.2 Å². The van der Waals surface area contributed by atoms with Gasteiger partial charge >= 0.3 is 0 Å². The Morgan fingerprint density at radius 1 is 0.970 bits per heavy atom. The van der Waals surface area contributed by atoms with E-state index in [0.29, 0.717) is 38.5 Å². The number of carbonyl (C=O) groups is 2. The minimum Gasteiger partial charge on any atom is -0.352 e. The molecular formula is C24H27N7O2. The molecule has 1 aromatic carbocycles. The van der Waals surface area contributed by atoms with Crippen molar-refractivity contribution in [1.82, 2.24) is 24.6 Å². The summed E-state index contributed by atoms with van der Waals surface area (Å²) in [6.45, 7) is 7.13. The van der Waals surface area contributed by atoms with Crippen LogP contribution < -0.4 is 9.80 Å². The fourth-order valence-corrected chi connectivity index (χ4v) is 4.45. The van der Waals surface area contributed by atoms with Crippen LogP contribution in [0, 0.1) is 19.8 Å². The molecule has 9 nitrogen and oxygen atoms in total. The van der Waals surface area contributed by atoms with Gasteiger partial charge in [0.25, 0.3) is 0 Å². The van der Waals surface area contributed by atoms with E-state index in [-0.39, 0.29) is 24.2 Å². The maximum absolute atomic E-state index is 13.2. The minimum atomic E-state index is -0.292. The number of nitrogens with zero attached hydrogens (tertiary/aromatic N) is 7. The van der Waals surface area contributed by atoms with E-state index in [1.807, 2.05) is 48.4 Å². The number of anilines is 2. The van der Waals surface area contributed by atoms with Gasteiger partial charge in [-0.2, -0.15) is 0 Å². The van der Waals surface area contributed by atoms with Crippen LogP contribution in [0.2, 0.25) is 0 Å². The first-order valence-corrected chi connectivity index (χ1v) is 11.2. The predicted octanol–water partition coefficient (Wildman–Crippen LogP) is 1.98. The Bertz CT molecular complexity index is 1150. The summed E-state index contributed by atoms with van der Waals surface area (Å²) in [5.74, 6) is 1.30. The summed E-state index contributed by atoms with van der Waals surface area (Å²) < 4.78 is 1.80. The molecule has 2 amide bonds. The van der Waals surface area contributed by atoms with Crippen molar-refractivity contribution in [3.8, 4) is 5.82 Å². The first-order valence-electron chi connectivity index (χ1n) is 11.2. The second-order valence-corrected chi connectivity index (χ2v) is 8.71. The zero-order valence-electron chi connectivity index (χ0n) is 18.9. The number of rotatable bonds is 4. The van der Waals surface area contributed by atoms with Crippen molar-refractivity contribution >= 4 is 23.3 Å². The summed E-state index contributed by atoms with van der Waals surface area (Å²) in [6, 6.07) is 9.87. The Balaban J connectivity index is 1.18. The second kappa shape index (κ2) is 8.65. The van der Waals surface area contributed by atoms with Crippen LogP contribution in [0.1, 0.15) is 17.5 Å². The minimum absolute atomic E-state index is 0.0171. The van der Waals surface area contributed by atoms with Gasteiger partial charge in [0.2, 0.25) is 11.8 Å². The van der Waals surface area contributed by atoms with Gasteiger partial charge in [-0.15, -0.1) is 10.2 Å². The summed E-state index contributed by atoms with van der Waals surface area (Å²) in [7, 11) is 0. The molecule has 2 fully saturated rings. The normalized spacial score (nSPS) is 18.8. The van der Waals surface area contributed by atoms with Gasteiger partial charge < -0.3 is 14.7 Å². The highest BCUT2D eigenvalue weighted by Crippen LogP contribution is 2.28. The summed E-state index contributed by atoms with van der Waals surface area (Å²) in [5.41, 5.74) is 3.21. The molecule has 1 atom stereocenters. The van der Waals surface area contributed by atoms with E-state index in [4.69, 9.17) is 0 Å². The Morgan fingerprint density at radius 3 is 2.39 bits per heavy atom. The van der Waals surface area contributed by atoms with Gasteiger partial charge in [0.15, 0.2) is 11.6 Å². The van der Waals surface area contributed by atoms with E-state index in [1.165, 1.54) is 5.56 Å². The van der Waals surface area contributed by atoms with Gasteiger partial charge in [-0.05, 0) is 49.2 Å². The lowest BCUT2D eigenvalue weighted by molar-refractivity contribution is -0.136. The van der Waals surface area contributed by atoms with E-state index >= 15 is 0 Å². The van der Waals surface area contributed by atoms with Crippen molar-refractivity contribution in [1.29, 1.82) is 0 Å². The number of benzene rings is 1. The maximum atomic E-state index is 13.2. The van der Waals surface area contributed by atoms with Crippen LogP contribution in [0.4, 0.5) is 11.5 Å². The molecule has 0 bridgehead atoms. The van der Waals surface area contributed by atoms with Gasteiger partial charge in [0.05, 0.1) is 5.92 Å². The van der Waals surface area contributed by atoms with E-state index in [1.54, 1.807) is 22.0 Å². The monoisotopic (exact) mass is 445 g/mol. The smallest absolute Gasteiger partial charge is 0.228 e. The van der Waals surface area contributed by atoms with Crippen molar-refractivity contribution in [2.45, 2.75) is 20.3 Å². The number of piperazine rings is 1. The third kappa shape index (κ3) is 4.18. The molecule has 2 aromatic heterocycles. The molecule has 0 aliphatic carbocycles. The molecule has 0 spiro atoms. The molecule has 4 heterocycles. The van der Waals surface area contributed by atoms with E-state index in [0.717, 1.165) is 17.1 Å². The van der Waals surface area contributed by atoms with Crippen LogP contribution in [0.3, 0.4) is 0 Å². The van der Waals surface area contributed by atoms with Gasteiger partial charge in [0, 0.05) is 57.2 Å². The lowest BCUT2D eigenvalue weighted by Crippen LogP contribution is -2.51. The van der Waals surface area contributed by atoms with Gasteiger partial charge in [-0.25, -0.2) is 4.98 Å². The SMILES string of the molecule is Cc1ccc(N2CC(C(=O)N3CCN(c4ccc(-n5ccnc5)nn4)CC3)CC2=O)cc1C. The summed E-state index contributed by atoms with van der Waals surface area (Å²) >= 11 is 0. The highest BCUT2D eigenvalue weighted by atomic mass is 16.2. The van der Waals surface area contributed by atoms with Gasteiger partial charge in [-0.1, -0.05) is 6.07 Å². The van der Waals surface area contributed by atoms with E-state index < -0.39 is 0 Å². The summed E-state index contributed by atoms with van der Waals surface area (Å²) in [6.07, 6.45) is 5.48. The first kappa shape index (κ1) is 21.1. The third-order valence-electron chi connectivity index (χ3n) is 6.60. The summed E-state index contributed by atoms with van der Waals surface area (Å²) in [4.78, 5) is 35.6. The van der Waals surface area contributed by atoms with E-state index in [9.17, 15) is 9.59 Å². The third-order valence-corrected chi connectivity index (χ3v) is 6.60. The molecule has 3 aromatic rings. The molecular weight excluding hydrogens is 418 g/mol. The van der Waals surface area contributed by atoms with Crippen LogP contribution in [0.15, 0.2) is 49.1 Å². The van der Waals surface area contributed by atoms with Crippen LogP contribution >= 0.6 is 0 Å². The average molecular weight is 446 g/mol. The molecule has 0 N–H and O–H groups in total. The van der Waals surface area contributed by atoms with Crippen molar-refractivity contribution in [3.63, 3.8) is 0 Å². The molecule has 9 heteroatoms. The fourth-order valence-electron chi connectivity index (χ4n) is 4.45. The molecule has 5 rings (SSSR count). The molecule has 2 saturated heterocycles. The van der Waals surface area contributed by atoms with Crippen molar-refractivity contribution in [2.75, 3.05) is 42.5 Å². The number of aromatic nitrogens is 4. The van der Waals surface area contributed by atoms with Crippen molar-refractivity contribution < 1.29 is 9.59 Å². The van der Waals surface area contributed by atoms with Crippen LogP contribution in [0.25, 0.3) is 5.82 Å². The highest BCUT2D eigenvalue weighted by molar-refractivity contribution is 6.00. The van der Waals surface area contributed by atoms with Crippen molar-refractivity contribution in [2.24, 2.45) is 5.92 Å². The number of aryl methyl sites for hydroxylation is 2. The Hall–Kier alpha value is -3.75. The molecule has 0 saturated carbocycles. The van der Waals surface area contributed by atoms with Gasteiger partial charge in [0.1, 0.15) is 6.33 Å². The highest BCUT2D eigenvalue weighted by Gasteiger charge is 2.38. The number of amides is 2. The zero-order valence-corrected chi connectivity index (χ0v) is 18.9. The molecule has 2 aliphatic rings. The first-order chi connectivity index (χ1) is 16.0. The molecule has 170 valence electrons. The van der Waals surface area contributed by atoms with Crippen molar-refractivity contribution in [3.05, 3.63) is 60.2 Å². The Morgan fingerprint density at radius 2 is 1.73 bits per heavy atom. The fraction of sp³-hybridized carbons (Fsp3) is 0.375. The van der Waals surface area contributed by atoms with Crippen LogP contribution in [0.5, 0.6) is 0 Å². The predicted molar refractivity (Wildman–Crippen MR) is 124 cm³/mol. The number of carbonyl (C=O) groups excluding carboxylic acids is 2. The molecule has 2 aliphatic heterocycles. The standard InChI is InChI=1S/C24H27N7O2/c1-17-3-4-20(13-18(17)2)31-15-19(14-23(31)32)24(33)29-11-9-28(10-12-29)21-5-6-22(27-26-21)30-8-7-25-16-30/h3-8,13,16,19H,9-12,14-15H2,1-2H3. The largest absolute Gasteiger partial charge is 0.352 e. The second-order valence-electron chi connectivity index (χ2n) is 8.71. The molecule has 33 heavy (non-hydrogen) atoms. The number of hydrogen-bond donors (Lipinski definition) is 0. The maximum Gasteiger partial charge on any atom is 0.228 e. The molecule has 1 unspecified atom stereocenters. The number of hydrogen-bond acceptors (Lipinski definition) is 6. The van der Waals surface area contributed by atoms with Crippen LogP contribution in [-0.2, 0) is 9.59 Å². The lowest BCUT2D eigenvalue weighted by Gasteiger charge is -2.36. The Labute approximate surface area is 192 Å². The quantitative estimate of drug-likeness (QED) is 0.610. The summed E-state index contributed by atoms with van der Waals surface area (Å²) in [5, 5.41) is 8.62. The van der Waals surface area contributed by atoms with E-state index in [2.05, 4.69) is 27.0 Å². The Kier molecular flexibility index (Phi) is 5.53. The number of imidazole rings is 1. The zero-order chi connectivity index (χ0) is 22.9. The van der Waals surface area contributed by atoms with Crippen LogP contribution in [-0.4, -0.2) is 69.2 Å². The average Bonchev–Trinajstić information content (AvgIpc) is 3.51.